The van der Waals surface area contributed by atoms with Crippen molar-refractivity contribution in [2.45, 2.75) is 38.7 Å². The minimum Gasteiger partial charge on any atom is -0.493 e. The molecule has 1 amide bonds. The zero-order valence-electron chi connectivity index (χ0n) is 12.4. The Balaban J connectivity index is 2.61. The third kappa shape index (κ3) is 5.29. The number of carbonyl (C=O) groups is 1. The lowest BCUT2D eigenvalue weighted by molar-refractivity contribution is -0.120. The van der Waals surface area contributed by atoms with Crippen molar-refractivity contribution < 1.29 is 14.3 Å². The first-order valence-corrected chi connectivity index (χ1v) is 7.13. The van der Waals surface area contributed by atoms with Gasteiger partial charge in [-0.05, 0) is 44.9 Å². The van der Waals surface area contributed by atoms with E-state index in [4.69, 9.17) is 21.1 Å². The van der Waals surface area contributed by atoms with Crippen LogP contribution >= 0.6 is 11.6 Å². The molecule has 0 aromatic heterocycles. The number of alkyl halides is 1. The highest BCUT2D eigenvalue weighted by molar-refractivity contribution is 6.30. The second-order valence-corrected chi connectivity index (χ2v) is 5.46. The summed E-state index contributed by atoms with van der Waals surface area (Å²) in [6.45, 7) is 6.13. The first-order valence-electron chi connectivity index (χ1n) is 6.69. The molecule has 0 aliphatic heterocycles. The monoisotopic (exact) mass is 299 g/mol. The van der Waals surface area contributed by atoms with E-state index in [-0.39, 0.29) is 12.0 Å². The third-order valence-electron chi connectivity index (χ3n) is 2.66. The molecule has 112 valence electrons. The first-order chi connectivity index (χ1) is 9.43. The highest BCUT2D eigenvalue weighted by atomic mass is 35.5. The van der Waals surface area contributed by atoms with Crippen molar-refractivity contribution in [1.82, 2.24) is 5.32 Å². The Kier molecular flexibility index (Phi) is 6.65. The zero-order valence-corrected chi connectivity index (χ0v) is 13.2. The van der Waals surface area contributed by atoms with Gasteiger partial charge in [-0.2, -0.15) is 0 Å². The second-order valence-electron chi connectivity index (χ2n) is 4.81. The molecule has 1 aromatic carbocycles. The summed E-state index contributed by atoms with van der Waals surface area (Å²) >= 11 is 5.68. The molecular formula is C15H22ClNO3. The Labute approximate surface area is 125 Å². The highest BCUT2D eigenvalue weighted by Crippen LogP contribution is 2.29. The van der Waals surface area contributed by atoms with Crippen LogP contribution in [-0.4, -0.2) is 31.0 Å². The topological polar surface area (TPSA) is 47.6 Å². The molecule has 0 heterocycles. The van der Waals surface area contributed by atoms with E-state index in [1.807, 2.05) is 32.0 Å². The van der Waals surface area contributed by atoms with E-state index in [1.165, 1.54) is 0 Å². The van der Waals surface area contributed by atoms with Gasteiger partial charge in [0.15, 0.2) is 11.5 Å². The van der Waals surface area contributed by atoms with Crippen LogP contribution in [0.25, 0.3) is 0 Å². The van der Waals surface area contributed by atoms with Crippen LogP contribution in [-0.2, 0) is 11.2 Å². The molecule has 0 aliphatic carbocycles. The largest absolute Gasteiger partial charge is 0.493 e. The number of hydrogen-bond acceptors (Lipinski definition) is 3. The van der Waals surface area contributed by atoms with E-state index in [0.29, 0.717) is 18.7 Å². The minimum absolute atomic E-state index is 0.0965. The molecule has 0 aliphatic rings. The van der Waals surface area contributed by atoms with Gasteiger partial charge in [0, 0.05) is 6.54 Å². The number of amides is 1. The van der Waals surface area contributed by atoms with E-state index in [2.05, 4.69) is 5.32 Å². The van der Waals surface area contributed by atoms with Crippen molar-refractivity contribution in [2.24, 2.45) is 0 Å². The molecular weight excluding hydrogens is 278 g/mol. The summed E-state index contributed by atoms with van der Waals surface area (Å²) in [5.41, 5.74) is 1.07. The maximum absolute atomic E-state index is 11.3. The normalized spacial score (nSPS) is 12.1. The Morgan fingerprint density at radius 2 is 2.00 bits per heavy atom. The molecule has 1 rings (SSSR count). The van der Waals surface area contributed by atoms with E-state index < -0.39 is 5.38 Å². The fraction of sp³-hybridized carbons (Fsp3) is 0.533. The number of carbonyl (C=O) groups excluding carboxylic acids is 1. The Bertz CT molecular complexity index is 447. The van der Waals surface area contributed by atoms with E-state index in [0.717, 1.165) is 11.3 Å². The van der Waals surface area contributed by atoms with Crippen LogP contribution in [0.3, 0.4) is 0 Å². The number of halogens is 1. The average molecular weight is 300 g/mol. The number of nitrogens with one attached hydrogen (secondary N) is 1. The van der Waals surface area contributed by atoms with E-state index in [9.17, 15) is 4.79 Å². The summed E-state index contributed by atoms with van der Waals surface area (Å²) in [6, 6.07) is 5.78. The summed E-state index contributed by atoms with van der Waals surface area (Å²) in [5.74, 6) is 1.27. The lowest BCUT2D eigenvalue weighted by atomic mass is 10.1. The molecule has 1 aromatic rings. The van der Waals surface area contributed by atoms with Gasteiger partial charge in [-0.15, -0.1) is 11.6 Å². The fourth-order valence-electron chi connectivity index (χ4n) is 1.69. The maximum atomic E-state index is 11.3. The molecule has 0 radical (unpaired) electrons. The number of benzene rings is 1. The average Bonchev–Trinajstić information content (AvgIpc) is 2.39. The second kappa shape index (κ2) is 8.00. The van der Waals surface area contributed by atoms with Crippen LogP contribution < -0.4 is 14.8 Å². The van der Waals surface area contributed by atoms with Gasteiger partial charge in [-0.3, -0.25) is 4.79 Å². The van der Waals surface area contributed by atoms with Crippen molar-refractivity contribution >= 4 is 17.5 Å². The third-order valence-corrected chi connectivity index (χ3v) is 2.86. The Morgan fingerprint density at radius 1 is 1.30 bits per heavy atom. The predicted octanol–water partition coefficient (Wildman–Crippen LogP) is 2.77. The van der Waals surface area contributed by atoms with Crippen molar-refractivity contribution in [1.29, 1.82) is 0 Å². The van der Waals surface area contributed by atoms with Gasteiger partial charge in [0.25, 0.3) is 0 Å². The summed E-state index contributed by atoms with van der Waals surface area (Å²) in [6.07, 6.45) is 0.812. The fourth-order valence-corrected chi connectivity index (χ4v) is 1.77. The maximum Gasteiger partial charge on any atom is 0.237 e. The molecule has 20 heavy (non-hydrogen) atoms. The molecule has 1 atom stereocenters. The molecule has 4 nitrogen and oxygen atoms in total. The van der Waals surface area contributed by atoms with Gasteiger partial charge < -0.3 is 14.8 Å². The predicted molar refractivity (Wildman–Crippen MR) is 80.8 cm³/mol. The van der Waals surface area contributed by atoms with Crippen molar-refractivity contribution in [2.75, 3.05) is 13.7 Å². The molecule has 0 spiro atoms. The molecule has 5 heteroatoms. The molecule has 1 N–H and O–H groups in total. The zero-order chi connectivity index (χ0) is 15.1. The number of hydrogen-bond donors (Lipinski definition) is 1. The van der Waals surface area contributed by atoms with Gasteiger partial charge in [-0.1, -0.05) is 6.07 Å². The smallest absolute Gasteiger partial charge is 0.237 e. The van der Waals surface area contributed by atoms with Crippen LogP contribution in [0, 0.1) is 0 Å². The van der Waals surface area contributed by atoms with E-state index >= 15 is 0 Å². The molecule has 1 unspecified atom stereocenters. The first kappa shape index (κ1) is 16.6. The highest BCUT2D eigenvalue weighted by Gasteiger charge is 2.09. The van der Waals surface area contributed by atoms with Crippen molar-refractivity contribution in [3.8, 4) is 11.5 Å². The quantitative estimate of drug-likeness (QED) is 0.788. The van der Waals surface area contributed by atoms with Crippen LogP contribution in [0.1, 0.15) is 26.3 Å². The minimum atomic E-state index is -0.508. The molecule has 0 fully saturated rings. The lowest BCUT2D eigenvalue weighted by Crippen LogP contribution is -2.31. The van der Waals surface area contributed by atoms with Gasteiger partial charge >= 0.3 is 0 Å². The molecule has 0 saturated carbocycles. The van der Waals surface area contributed by atoms with Gasteiger partial charge in [0.1, 0.15) is 5.38 Å². The summed E-state index contributed by atoms with van der Waals surface area (Å²) < 4.78 is 11.0. The van der Waals surface area contributed by atoms with Crippen LogP contribution in [0.15, 0.2) is 18.2 Å². The number of ether oxygens (including phenoxy) is 2. The van der Waals surface area contributed by atoms with Gasteiger partial charge in [0.05, 0.1) is 13.2 Å². The van der Waals surface area contributed by atoms with Gasteiger partial charge in [0.2, 0.25) is 5.91 Å². The standard InChI is InChI=1S/C15H22ClNO3/c1-10(2)20-13-6-5-12(9-14(13)19-4)7-8-17-15(18)11(3)16/h5-6,9-11H,7-8H2,1-4H3,(H,17,18). The van der Waals surface area contributed by atoms with Gasteiger partial charge in [-0.25, -0.2) is 0 Å². The van der Waals surface area contributed by atoms with Crippen molar-refractivity contribution in [3.63, 3.8) is 0 Å². The summed E-state index contributed by atoms with van der Waals surface area (Å²) in [7, 11) is 1.61. The lowest BCUT2D eigenvalue weighted by Gasteiger charge is -2.14. The van der Waals surface area contributed by atoms with Crippen LogP contribution in [0.4, 0.5) is 0 Å². The van der Waals surface area contributed by atoms with E-state index in [1.54, 1.807) is 14.0 Å². The van der Waals surface area contributed by atoms with Crippen molar-refractivity contribution in [3.05, 3.63) is 23.8 Å². The Hall–Kier alpha value is -1.42. The number of methoxy groups -OCH3 is 1. The summed E-state index contributed by atoms with van der Waals surface area (Å²) in [4.78, 5) is 11.3. The summed E-state index contributed by atoms with van der Waals surface area (Å²) in [5, 5.41) is 2.26. The molecule has 0 bridgehead atoms. The van der Waals surface area contributed by atoms with Crippen LogP contribution in [0.5, 0.6) is 11.5 Å². The Morgan fingerprint density at radius 3 is 2.55 bits per heavy atom. The number of rotatable bonds is 7. The SMILES string of the molecule is COc1cc(CCNC(=O)C(C)Cl)ccc1OC(C)C. The molecule has 0 saturated heterocycles. The van der Waals surface area contributed by atoms with Crippen LogP contribution in [0.2, 0.25) is 0 Å².